The second-order valence-corrected chi connectivity index (χ2v) is 10.2. The number of amides is 1. The number of aryl methyl sites for hydroxylation is 1. The molecule has 1 amide bonds. The van der Waals surface area contributed by atoms with Crippen molar-refractivity contribution in [2.24, 2.45) is 4.99 Å². The van der Waals surface area contributed by atoms with Gasteiger partial charge in [-0.2, -0.15) is 0 Å². The number of aliphatic imine (C=N–C) groups is 1. The number of aromatic nitrogens is 1. The van der Waals surface area contributed by atoms with Crippen molar-refractivity contribution in [1.29, 1.82) is 0 Å². The molecule has 4 nitrogen and oxygen atoms in total. The van der Waals surface area contributed by atoms with Crippen LogP contribution in [0.3, 0.4) is 0 Å². The minimum Gasteiger partial charge on any atom is -0.342 e. The van der Waals surface area contributed by atoms with Gasteiger partial charge in [0.1, 0.15) is 0 Å². The fourth-order valence-corrected chi connectivity index (χ4v) is 5.47. The quantitative estimate of drug-likeness (QED) is 0.251. The van der Waals surface area contributed by atoms with Crippen molar-refractivity contribution in [3.05, 3.63) is 105 Å². The van der Waals surface area contributed by atoms with Gasteiger partial charge in [-0.3, -0.25) is 9.69 Å². The Morgan fingerprint density at radius 1 is 1.00 bits per heavy atom. The number of hydrogen-bond acceptors (Lipinski definition) is 3. The fourth-order valence-electron chi connectivity index (χ4n) is 4.10. The molecule has 0 N–H and O–H groups in total. The van der Waals surface area contributed by atoms with Crippen molar-refractivity contribution < 1.29 is 4.79 Å². The van der Waals surface area contributed by atoms with E-state index in [9.17, 15) is 4.79 Å². The molecular weight excluding hydrogens is 497 g/mol. The lowest BCUT2D eigenvalue weighted by molar-refractivity contribution is -0.122. The van der Waals surface area contributed by atoms with Gasteiger partial charge in [-0.25, -0.2) is 4.99 Å². The van der Waals surface area contributed by atoms with Crippen LogP contribution in [0.5, 0.6) is 0 Å². The highest BCUT2D eigenvalue weighted by molar-refractivity contribution is 8.18. The molecule has 176 valence electrons. The molecule has 1 aliphatic rings. The molecule has 0 saturated carbocycles. The van der Waals surface area contributed by atoms with Gasteiger partial charge in [-0.05, 0) is 67.6 Å². The van der Waals surface area contributed by atoms with E-state index in [4.69, 9.17) is 28.2 Å². The van der Waals surface area contributed by atoms with Gasteiger partial charge in [-0.1, -0.05) is 65.2 Å². The molecule has 0 bridgehead atoms. The molecule has 0 radical (unpaired) electrons. The fraction of sp³-hybridized carbons (Fsp3) is 0.143. The minimum atomic E-state index is -0.0234. The average Bonchev–Trinajstić information content (AvgIpc) is 3.34. The lowest BCUT2D eigenvalue weighted by Crippen LogP contribution is -2.28. The molecule has 2 heterocycles. The topological polar surface area (TPSA) is 37.6 Å². The maximum atomic E-state index is 13.2. The number of para-hydroxylation sites is 1. The van der Waals surface area contributed by atoms with E-state index in [-0.39, 0.29) is 5.91 Å². The van der Waals surface area contributed by atoms with Gasteiger partial charge in [0.15, 0.2) is 5.17 Å². The molecule has 1 saturated heterocycles. The first-order valence-corrected chi connectivity index (χ1v) is 12.9. The molecule has 35 heavy (non-hydrogen) atoms. The molecule has 0 spiro atoms. The number of halogens is 2. The monoisotopic (exact) mass is 519 g/mol. The third kappa shape index (κ3) is 4.90. The third-order valence-electron chi connectivity index (χ3n) is 5.91. The Balaban J connectivity index is 1.51. The van der Waals surface area contributed by atoms with Crippen LogP contribution in [0.1, 0.15) is 23.6 Å². The van der Waals surface area contributed by atoms with Crippen molar-refractivity contribution in [2.75, 3.05) is 6.54 Å². The molecule has 0 unspecified atom stereocenters. The Bertz CT molecular complexity index is 1490. The maximum Gasteiger partial charge on any atom is 0.266 e. The van der Waals surface area contributed by atoms with E-state index < -0.39 is 0 Å². The van der Waals surface area contributed by atoms with Gasteiger partial charge >= 0.3 is 0 Å². The molecule has 7 heteroatoms. The van der Waals surface area contributed by atoms with E-state index in [2.05, 4.69) is 22.9 Å². The first-order valence-electron chi connectivity index (χ1n) is 11.3. The van der Waals surface area contributed by atoms with Crippen LogP contribution < -0.4 is 0 Å². The standard InChI is InChI=1S/C28H23Cl2N3OS/c1-3-33-27(34)26(35-28(33)31-21-11-8-18(2)9-12-21)15-20-17-32(25-7-5-4-6-22(20)25)16-19-10-13-23(29)24(30)14-19/h4-15,17H,3,16H2,1-2H3/b26-15+,31-28?. The SMILES string of the molecule is CCN1C(=O)/C(=C\c2cn(Cc3ccc(Cl)c(Cl)c3)c3ccccc23)SC1=Nc1ccc(C)cc1. The van der Waals surface area contributed by atoms with Gasteiger partial charge in [0, 0.05) is 35.8 Å². The summed E-state index contributed by atoms with van der Waals surface area (Å²) >= 11 is 13.7. The number of amidine groups is 1. The van der Waals surface area contributed by atoms with Crippen molar-refractivity contribution in [3.63, 3.8) is 0 Å². The van der Waals surface area contributed by atoms with E-state index in [0.29, 0.717) is 33.2 Å². The summed E-state index contributed by atoms with van der Waals surface area (Å²) in [6.45, 7) is 5.22. The van der Waals surface area contributed by atoms with Crippen LogP contribution in [0.25, 0.3) is 17.0 Å². The van der Waals surface area contributed by atoms with E-state index in [1.54, 1.807) is 4.90 Å². The van der Waals surface area contributed by atoms with Crippen LogP contribution in [-0.2, 0) is 11.3 Å². The molecule has 0 aliphatic carbocycles. The summed E-state index contributed by atoms with van der Waals surface area (Å²) in [4.78, 5) is 20.4. The molecule has 1 aliphatic heterocycles. The minimum absolute atomic E-state index is 0.0234. The highest BCUT2D eigenvalue weighted by atomic mass is 35.5. The number of thioether (sulfide) groups is 1. The summed E-state index contributed by atoms with van der Waals surface area (Å²) in [6.07, 6.45) is 4.06. The highest BCUT2D eigenvalue weighted by Gasteiger charge is 2.32. The Morgan fingerprint density at radius 2 is 1.77 bits per heavy atom. The van der Waals surface area contributed by atoms with Crippen LogP contribution in [0.4, 0.5) is 5.69 Å². The molecule has 1 fully saturated rings. The zero-order valence-electron chi connectivity index (χ0n) is 19.3. The first kappa shape index (κ1) is 23.7. The molecule has 5 rings (SSSR count). The molecular formula is C28H23Cl2N3OS. The van der Waals surface area contributed by atoms with Crippen LogP contribution in [0.15, 0.2) is 82.8 Å². The summed E-state index contributed by atoms with van der Waals surface area (Å²) in [5.41, 5.74) is 5.14. The zero-order chi connectivity index (χ0) is 24.5. The normalized spacial score (nSPS) is 16.2. The highest BCUT2D eigenvalue weighted by Crippen LogP contribution is 2.36. The summed E-state index contributed by atoms with van der Waals surface area (Å²) in [5.74, 6) is -0.0234. The summed E-state index contributed by atoms with van der Waals surface area (Å²) in [7, 11) is 0. The van der Waals surface area contributed by atoms with E-state index in [1.807, 2.05) is 74.5 Å². The Kier molecular flexibility index (Phi) is 6.74. The lowest BCUT2D eigenvalue weighted by Gasteiger charge is -2.11. The number of carbonyl (C=O) groups is 1. The van der Waals surface area contributed by atoms with E-state index in [0.717, 1.165) is 27.7 Å². The van der Waals surface area contributed by atoms with E-state index in [1.165, 1.54) is 17.3 Å². The van der Waals surface area contributed by atoms with Crippen LogP contribution >= 0.6 is 35.0 Å². The molecule has 1 aromatic heterocycles. The predicted octanol–water partition coefficient (Wildman–Crippen LogP) is 7.93. The smallest absolute Gasteiger partial charge is 0.266 e. The van der Waals surface area contributed by atoms with Gasteiger partial charge in [0.05, 0.1) is 20.6 Å². The van der Waals surface area contributed by atoms with Gasteiger partial charge in [-0.15, -0.1) is 0 Å². The van der Waals surface area contributed by atoms with E-state index >= 15 is 0 Å². The number of benzene rings is 3. The van der Waals surface area contributed by atoms with Gasteiger partial charge < -0.3 is 4.57 Å². The number of nitrogens with zero attached hydrogens (tertiary/aromatic N) is 3. The summed E-state index contributed by atoms with van der Waals surface area (Å²) in [5, 5.41) is 2.86. The Hall–Kier alpha value is -2.99. The Labute approximate surface area is 218 Å². The maximum absolute atomic E-state index is 13.2. The second kappa shape index (κ2) is 9.94. The summed E-state index contributed by atoms with van der Waals surface area (Å²) < 4.78 is 2.17. The third-order valence-corrected chi connectivity index (χ3v) is 7.65. The van der Waals surface area contributed by atoms with Gasteiger partial charge in [0.2, 0.25) is 0 Å². The van der Waals surface area contributed by atoms with Crippen molar-refractivity contribution in [1.82, 2.24) is 9.47 Å². The predicted molar refractivity (Wildman–Crippen MR) is 149 cm³/mol. The van der Waals surface area contributed by atoms with Gasteiger partial charge in [0.25, 0.3) is 5.91 Å². The number of carbonyl (C=O) groups excluding carboxylic acids is 1. The average molecular weight is 520 g/mol. The lowest BCUT2D eigenvalue weighted by atomic mass is 10.1. The first-order chi connectivity index (χ1) is 16.9. The molecule has 4 aromatic rings. The second-order valence-electron chi connectivity index (χ2n) is 8.37. The van der Waals surface area contributed by atoms with Crippen molar-refractivity contribution >= 4 is 68.7 Å². The molecule has 3 aromatic carbocycles. The van der Waals surface area contributed by atoms with Crippen molar-refractivity contribution in [3.8, 4) is 0 Å². The largest absolute Gasteiger partial charge is 0.342 e. The zero-order valence-corrected chi connectivity index (χ0v) is 21.7. The number of hydrogen-bond donors (Lipinski definition) is 0. The number of likely N-dealkylation sites (N-methyl/N-ethyl adjacent to an activating group) is 1. The van der Waals surface area contributed by atoms with Crippen molar-refractivity contribution in [2.45, 2.75) is 20.4 Å². The number of fused-ring (bicyclic) bond motifs is 1. The number of rotatable bonds is 5. The van der Waals surface area contributed by atoms with Crippen LogP contribution in [0, 0.1) is 6.92 Å². The summed E-state index contributed by atoms with van der Waals surface area (Å²) in [6, 6.07) is 21.9. The van der Waals surface area contributed by atoms with Crippen LogP contribution in [0.2, 0.25) is 10.0 Å². The Morgan fingerprint density at radius 3 is 2.51 bits per heavy atom. The van der Waals surface area contributed by atoms with Crippen LogP contribution in [-0.4, -0.2) is 27.1 Å². The molecule has 0 atom stereocenters.